The van der Waals surface area contributed by atoms with Crippen LogP contribution in [0.3, 0.4) is 0 Å². The van der Waals surface area contributed by atoms with E-state index in [1.54, 1.807) is 6.07 Å². The molecule has 0 saturated carbocycles. The number of benzene rings is 1. The van der Waals surface area contributed by atoms with Gasteiger partial charge in [0.2, 0.25) is 0 Å². The van der Waals surface area contributed by atoms with E-state index in [4.69, 9.17) is 5.73 Å². The fourth-order valence-electron chi connectivity index (χ4n) is 1.93. The number of aromatic nitrogens is 1. The van der Waals surface area contributed by atoms with E-state index in [1.165, 1.54) is 6.07 Å². The maximum Gasteiger partial charge on any atom is 0.123 e. The van der Waals surface area contributed by atoms with Gasteiger partial charge in [0.15, 0.2) is 0 Å². The molecule has 0 amide bonds. The molecule has 0 aliphatic rings. The van der Waals surface area contributed by atoms with Gasteiger partial charge in [-0.3, -0.25) is 0 Å². The summed E-state index contributed by atoms with van der Waals surface area (Å²) in [5.41, 5.74) is 7.72. The summed E-state index contributed by atoms with van der Waals surface area (Å²) in [5.74, 6) is -0.202. The van der Waals surface area contributed by atoms with E-state index in [0.29, 0.717) is 6.54 Å². The van der Waals surface area contributed by atoms with E-state index in [9.17, 15) is 4.39 Å². The Morgan fingerprint density at radius 2 is 2.20 bits per heavy atom. The minimum absolute atomic E-state index is 0.202. The molecular formula is C12H15FN2. The molecule has 2 N–H and O–H groups in total. The van der Waals surface area contributed by atoms with Gasteiger partial charge >= 0.3 is 0 Å². The molecule has 0 aliphatic heterocycles. The topological polar surface area (TPSA) is 30.9 Å². The van der Waals surface area contributed by atoms with Gasteiger partial charge in [0, 0.05) is 30.2 Å². The Bertz CT molecular complexity index is 474. The minimum atomic E-state index is -0.202. The van der Waals surface area contributed by atoms with Gasteiger partial charge in [-0.25, -0.2) is 4.39 Å². The monoisotopic (exact) mass is 206 g/mol. The third kappa shape index (κ3) is 1.75. The van der Waals surface area contributed by atoms with Crippen molar-refractivity contribution in [3.8, 4) is 0 Å². The van der Waals surface area contributed by atoms with Crippen molar-refractivity contribution in [3.05, 3.63) is 35.8 Å². The van der Waals surface area contributed by atoms with Crippen LogP contribution in [0.15, 0.2) is 24.4 Å². The summed E-state index contributed by atoms with van der Waals surface area (Å²) in [6.45, 7) is 3.52. The summed E-state index contributed by atoms with van der Waals surface area (Å²) < 4.78 is 15.2. The van der Waals surface area contributed by atoms with Crippen LogP contribution in [0, 0.1) is 5.82 Å². The van der Waals surface area contributed by atoms with E-state index in [-0.39, 0.29) is 5.82 Å². The molecule has 1 heterocycles. The molecule has 0 unspecified atom stereocenters. The molecule has 2 nitrogen and oxygen atoms in total. The van der Waals surface area contributed by atoms with Gasteiger partial charge in [0.05, 0.1) is 0 Å². The summed E-state index contributed by atoms with van der Waals surface area (Å²) in [6, 6.07) is 4.87. The first-order valence-corrected chi connectivity index (χ1v) is 5.23. The fourth-order valence-corrected chi connectivity index (χ4v) is 1.93. The number of hydrogen-bond donors (Lipinski definition) is 1. The van der Waals surface area contributed by atoms with Crippen molar-refractivity contribution in [2.75, 3.05) is 0 Å². The smallest absolute Gasteiger partial charge is 0.123 e. The molecule has 2 rings (SSSR count). The molecule has 0 aliphatic carbocycles. The van der Waals surface area contributed by atoms with Crippen molar-refractivity contribution in [1.29, 1.82) is 0 Å². The molecule has 1 aromatic carbocycles. The lowest BCUT2D eigenvalue weighted by atomic mass is 10.2. The zero-order valence-electron chi connectivity index (χ0n) is 8.83. The molecule has 0 spiro atoms. The highest BCUT2D eigenvalue weighted by molar-refractivity contribution is 5.84. The highest BCUT2D eigenvalue weighted by Crippen LogP contribution is 2.22. The van der Waals surface area contributed by atoms with Crippen LogP contribution >= 0.6 is 0 Å². The van der Waals surface area contributed by atoms with E-state index in [2.05, 4.69) is 11.5 Å². The van der Waals surface area contributed by atoms with Gasteiger partial charge in [-0.05, 0) is 30.2 Å². The maximum absolute atomic E-state index is 13.1. The molecule has 0 fully saturated rings. The summed E-state index contributed by atoms with van der Waals surface area (Å²) >= 11 is 0. The molecule has 2 aromatic rings. The summed E-state index contributed by atoms with van der Waals surface area (Å²) in [6.07, 6.45) is 3.08. The molecule has 0 atom stereocenters. The van der Waals surface area contributed by atoms with Gasteiger partial charge in [-0.1, -0.05) is 6.92 Å². The van der Waals surface area contributed by atoms with Gasteiger partial charge in [-0.2, -0.15) is 0 Å². The standard InChI is InChI=1S/C12H15FN2/c1-2-5-15-8-9(7-14)11-6-10(13)3-4-12(11)15/h3-4,6,8H,2,5,7,14H2,1H3. The number of halogens is 1. The normalized spacial score (nSPS) is 11.1. The quantitative estimate of drug-likeness (QED) is 0.822. The second-order valence-electron chi connectivity index (χ2n) is 3.71. The van der Waals surface area contributed by atoms with Crippen LogP contribution in [-0.4, -0.2) is 4.57 Å². The highest BCUT2D eigenvalue weighted by Gasteiger charge is 2.07. The lowest BCUT2D eigenvalue weighted by Crippen LogP contribution is -1.96. The lowest BCUT2D eigenvalue weighted by molar-refractivity contribution is 0.629. The lowest BCUT2D eigenvalue weighted by Gasteiger charge is -2.01. The van der Waals surface area contributed by atoms with Crippen molar-refractivity contribution in [1.82, 2.24) is 4.57 Å². The van der Waals surface area contributed by atoms with E-state index < -0.39 is 0 Å². The molecule has 15 heavy (non-hydrogen) atoms. The third-order valence-corrected chi connectivity index (χ3v) is 2.61. The van der Waals surface area contributed by atoms with Crippen LogP contribution < -0.4 is 5.73 Å². The number of rotatable bonds is 3. The van der Waals surface area contributed by atoms with Crippen molar-refractivity contribution >= 4 is 10.9 Å². The SMILES string of the molecule is CCCn1cc(CN)c2cc(F)ccc21. The van der Waals surface area contributed by atoms with E-state index in [0.717, 1.165) is 29.4 Å². The van der Waals surface area contributed by atoms with Gasteiger partial charge in [0.25, 0.3) is 0 Å². The number of fused-ring (bicyclic) bond motifs is 1. The second kappa shape index (κ2) is 4.03. The molecule has 3 heteroatoms. The Hall–Kier alpha value is -1.35. The Morgan fingerprint density at radius 1 is 1.40 bits per heavy atom. The first-order chi connectivity index (χ1) is 7.26. The average molecular weight is 206 g/mol. The van der Waals surface area contributed by atoms with Crippen LogP contribution in [0.25, 0.3) is 10.9 Å². The predicted octanol–water partition coefficient (Wildman–Crippen LogP) is 2.65. The zero-order chi connectivity index (χ0) is 10.8. The second-order valence-corrected chi connectivity index (χ2v) is 3.71. The van der Waals surface area contributed by atoms with Crippen molar-refractivity contribution in [2.45, 2.75) is 26.4 Å². The maximum atomic E-state index is 13.1. The third-order valence-electron chi connectivity index (χ3n) is 2.61. The van der Waals surface area contributed by atoms with E-state index in [1.807, 2.05) is 12.3 Å². The summed E-state index contributed by atoms with van der Waals surface area (Å²) in [5, 5.41) is 0.936. The van der Waals surface area contributed by atoms with Crippen molar-refractivity contribution < 1.29 is 4.39 Å². The predicted molar refractivity (Wildman–Crippen MR) is 60.1 cm³/mol. The first kappa shape index (κ1) is 10.2. The Morgan fingerprint density at radius 3 is 2.87 bits per heavy atom. The Kier molecular flexibility index (Phi) is 2.73. The molecule has 80 valence electrons. The molecule has 1 aromatic heterocycles. The number of hydrogen-bond acceptors (Lipinski definition) is 1. The largest absolute Gasteiger partial charge is 0.347 e. The van der Waals surface area contributed by atoms with Crippen LogP contribution in [0.2, 0.25) is 0 Å². The molecule has 0 saturated heterocycles. The zero-order valence-corrected chi connectivity index (χ0v) is 8.83. The highest BCUT2D eigenvalue weighted by atomic mass is 19.1. The average Bonchev–Trinajstić information content (AvgIpc) is 2.56. The van der Waals surface area contributed by atoms with Crippen LogP contribution in [-0.2, 0) is 13.1 Å². The Labute approximate surface area is 88.5 Å². The molecular weight excluding hydrogens is 191 g/mol. The van der Waals surface area contributed by atoms with Gasteiger partial charge in [-0.15, -0.1) is 0 Å². The van der Waals surface area contributed by atoms with Crippen molar-refractivity contribution in [3.63, 3.8) is 0 Å². The number of aryl methyl sites for hydroxylation is 1. The summed E-state index contributed by atoms with van der Waals surface area (Å²) in [7, 11) is 0. The van der Waals surface area contributed by atoms with Gasteiger partial charge in [0.1, 0.15) is 5.82 Å². The Balaban J connectivity index is 2.64. The first-order valence-electron chi connectivity index (χ1n) is 5.23. The fraction of sp³-hybridized carbons (Fsp3) is 0.333. The van der Waals surface area contributed by atoms with Crippen LogP contribution in [0.5, 0.6) is 0 Å². The molecule has 0 radical (unpaired) electrons. The van der Waals surface area contributed by atoms with Crippen LogP contribution in [0.4, 0.5) is 4.39 Å². The van der Waals surface area contributed by atoms with Crippen molar-refractivity contribution in [2.24, 2.45) is 5.73 Å². The minimum Gasteiger partial charge on any atom is -0.347 e. The molecule has 0 bridgehead atoms. The van der Waals surface area contributed by atoms with E-state index >= 15 is 0 Å². The number of nitrogens with two attached hydrogens (primary N) is 1. The van der Waals surface area contributed by atoms with Gasteiger partial charge < -0.3 is 10.3 Å². The van der Waals surface area contributed by atoms with Crippen LogP contribution in [0.1, 0.15) is 18.9 Å². The summed E-state index contributed by atoms with van der Waals surface area (Å²) in [4.78, 5) is 0. The number of nitrogens with zero attached hydrogens (tertiary/aromatic N) is 1.